The first-order chi connectivity index (χ1) is 9.78. The van der Waals surface area contributed by atoms with E-state index in [9.17, 15) is 0 Å². The van der Waals surface area contributed by atoms with Gasteiger partial charge in [-0.05, 0) is 25.1 Å². The molecule has 3 heteroatoms. The van der Waals surface area contributed by atoms with Gasteiger partial charge in [0.25, 0.3) is 0 Å². The Balaban J connectivity index is 2.15. The molecule has 3 rings (SSSR count). The number of halogens is 1. The quantitative estimate of drug-likeness (QED) is 0.635. The van der Waals surface area contributed by atoms with E-state index < -0.39 is 0 Å². The highest BCUT2D eigenvalue weighted by molar-refractivity contribution is 9.08. The van der Waals surface area contributed by atoms with Gasteiger partial charge in [-0.1, -0.05) is 64.0 Å². The predicted molar refractivity (Wildman–Crippen MR) is 86.4 cm³/mol. The molecular weight excluding hydrogens is 312 g/mol. The van der Waals surface area contributed by atoms with Crippen LogP contribution in [0.2, 0.25) is 0 Å². The Morgan fingerprint density at radius 1 is 1.00 bits per heavy atom. The number of aryl methyl sites for hydroxylation is 1. The summed E-state index contributed by atoms with van der Waals surface area (Å²) in [6.07, 6.45) is 0. The summed E-state index contributed by atoms with van der Waals surface area (Å²) >= 11 is 3.49. The average molecular weight is 327 g/mol. The number of nitrogens with zero attached hydrogens (tertiary/aromatic N) is 2. The van der Waals surface area contributed by atoms with Crippen LogP contribution in [0.4, 0.5) is 0 Å². The minimum atomic E-state index is 0.756. The van der Waals surface area contributed by atoms with Crippen LogP contribution in [0.3, 0.4) is 0 Å². The van der Waals surface area contributed by atoms with Gasteiger partial charge in [-0.2, -0.15) is 5.10 Å². The molecule has 0 aliphatic heterocycles. The Kier molecular flexibility index (Phi) is 3.70. The highest BCUT2D eigenvalue weighted by Crippen LogP contribution is 2.24. The molecule has 100 valence electrons. The van der Waals surface area contributed by atoms with E-state index in [-0.39, 0.29) is 0 Å². The van der Waals surface area contributed by atoms with Crippen LogP contribution in [-0.4, -0.2) is 9.78 Å². The zero-order valence-corrected chi connectivity index (χ0v) is 12.8. The molecule has 0 aliphatic rings. The lowest BCUT2D eigenvalue weighted by Crippen LogP contribution is -1.99. The van der Waals surface area contributed by atoms with E-state index in [4.69, 9.17) is 0 Å². The Morgan fingerprint density at radius 2 is 1.70 bits per heavy atom. The molecule has 1 aromatic heterocycles. The molecule has 0 aliphatic carbocycles. The Morgan fingerprint density at radius 3 is 2.35 bits per heavy atom. The summed E-state index contributed by atoms with van der Waals surface area (Å²) in [6.45, 7) is 2.09. The topological polar surface area (TPSA) is 17.8 Å². The normalized spacial score (nSPS) is 10.7. The SMILES string of the molecule is Cc1ccc(-n2nc(CBr)cc2-c2ccccc2)cc1. The van der Waals surface area contributed by atoms with E-state index in [0.29, 0.717) is 0 Å². The maximum Gasteiger partial charge on any atom is 0.0744 e. The fraction of sp³-hybridized carbons (Fsp3) is 0.118. The largest absolute Gasteiger partial charge is 0.233 e. The average Bonchev–Trinajstić information content (AvgIpc) is 2.93. The van der Waals surface area contributed by atoms with Crippen molar-refractivity contribution in [3.63, 3.8) is 0 Å². The summed E-state index contributed by atoms with van der Waals surface area (Å²) in [4.78, 5) is 0. The van der Waals surface area contributed by atoms with Crippen molar-refractivity contribution in [1.29, 1.82) is 0 Å². The number of benzene rings is 2. The van der Waals surface area contributed by atoms with E-state index >= 15 is 0 Å². The maximum atomic E-state index is 4.67. The summed E-state index contributed by atoms with van der Waals surface area (Å²) in [5.41, 5.74) is 5.66. The lowest BCUT2D eigenvalue weighted by Gasteiger charge is -2.07. The van der Waals surface area contributed by atoms with E-state index in [1.165, 1.54) is 11.1 Å². The molecule has 0 saturated carbocycles. The zero-order valence-electron chi connectivity index (χ0n) is 11.3. The Bertz CT molecular complexity index is 700. The maximum absolute atomic E-state index is 4.67. The van der Waals surface area contributed by atoms with Gasteiger partial charge in [-0.15, -0.1) is 0 Å². The molecule has 0 amide bonds. The number of hydrogen-bond donors (Lipinski definition) is 0. The van der Waals surface area contributed by atoms with Crippen molar-refractivity contribution in [1.82, 2.24) is 9.78 Å². The van der Waals surface area contributed by atoms with Gasteiger partial charge in [0, 0.05) is 10.9 Å². The number of hydrogen-bond acceptors (Lipinski definition) is 1. The molecule has 0 atom stereocenters. The van der Waals surface area contributed by atoms with Crippen molar-refractivity contribution >= 4 is 15.9 Å². The van der Waals surface area contributed by atoms with Gasteiger partial charge < -0.3 is 0 Å². The van der Waals surface area contributed by atoms with Gasteiger partial charge in [0.05, 0.1) is 17.1 Å². The highest BCUT2D eigenvalue weighted by Gasteiger charge is 2.10. The third-order valence-electron chi connectivity index (χ3n) is 3.24. The van der Waals surface area contributed by atoms with Crippen molar-refractivity contribution in [3.8, 4) is 16.9 Å². The van der Waals surface area contributed by atoms with Crippen LogP contribution in [0.1, 0.15) is 11.3 Å². The highest BCUT2D eigenvalue weighted by atomic mass is 79.9. The summed E-state index contributed by atoms with van der Waals surface area (Å²) in [7, 11) is 0. The summed E-state index contributed by atoms with van der Waals surface area (Å²) in [5, 5.41) is 5.43. The molecule has 2 nitrogen and oxygen atoms in total. The minimum Gasteiger partial charge on any atom is -0.233 e. The van der Waals surface area contributed by atoms with Crippen molar-refractivity contribution in [2.45, 2.75) is 12.3 Å². The lowest BCUT2D eigenvalue weighted by molar-refractivity contribution is 0.866. The molecule has 0 spiro atoms. The lowest BCUT2D eigenvalue weighted by atomic mass is 10.1. The fourth-order valence-corrected chi connectivity index (χ4v) is 2.47. The van der Waals surface area contributed by atoms with Gasteiger partial charge in [-0.3, -0.25) is 0 Å². The van der Waals surface area contributed by atoms with Crippen molar-refractivity contribution < 1.29 is 0 Å². The Hall–Kier alpha value is -1.87. The zero-order chi connectivity index (χ0) is 13.9. The van der Waals surface area contributed by atoms with E-state index in [0.717, 1.165) is 22.4 Å². The van der Waals surface area contributed by atoms with Crippen LogP contribution in [-0.2, 0) is 5.33 Å². The molecule has 1 heterocycles. The van der Waals surface area contributed by atoms with Crippen LogP contribution in [0, 0.1) is 6.92 Å². The summed E-state index contributed by atoms with van der Waals surface area (Å²) in [5.74, 6) is 0. The first-order valence-electron chi connectivity index (χ1n) is 6.55. The van der Waals surface area contributed by atoms with Crippen LogP contribution >= 0.6 is 15.9 Å². The minimum absolute atomic E-state index is 0.756. The molecule has 0 bridgehead atoms. The monoisotopic (exact) mass is 326 g/mol. The van der Waals surface area contributed by atoms with Crippen molar-refractivity contribution in [2.24, 2.45) is 0 Å². The van der Waals surface area contributed by atoms with E-state index in [1.807, 2.05) is 10.7 Å². The van der Waals surface area contributed by atoms with Gasteiger partial charge in [0.1, 0.15) is 0 Å². The number of alkyl halides is 1. The molecule has 0 radical (unpaired) electrons. The van der Waals surface area contributed by atoms with E-state index in [2.05, 4.69) is 82.5 Å². The van der Waals surface area contributed by atoms with Gasteiger partial charge >= 0.3 is 0 Å². The van der Waals surface area contributed by atoms with Gasteiger partial charge in [0.2, 0.25) is 0 Å². The van der Waals surface area contributed by atoms with Gasteiger partial charge in [0.15, 0.2) is 0 Å². The molecule has 20 heavy (non-hydrogen) atoms. The molecule has 2 aromatic carbocycles. The molecular formula is C17H15BrN2. The molecule has 0 saturated heterocycles. The summed E-state index contributed by atoms with van der Waals surface area (Å²) < 4.78 is 2.01. The molecule has 0 unspecified atom stereocenters. The smallest absolute Gasteiger partial charge is 0.0744 e. The second-order valence-corrected chi connectivity index (χ2v) is 5.33. The first kappa shape index (κ1) is 13.1. The molecule has 3 aromatic rings. The van der Waals surface area contributed by atoms with Crippen molar-refractivity contribution in [3.05, 3.63) is 71.9 Å². The first-order valence-corrected chi connectivity index (χ1v) is 7.67. The van der Waals surface area contributed by atoms with Gasteiger partial charge in [-0.25, -0.2) is 4.68 Å². The fourth-order valence-electron chi connectivity index (χ4n) is 2.19. The molecule has 0 N–H and O–H groups in total. The third-order valence-corrected chi connectivity index (χ3v) is 3.82. The van der Waals surface area contributed by atoms with E-state index in [1.54, 1.807) is 0 Å². The van der Waals surface area contributed by atoms with Crippen molar-refractivity contribution in [2.75, 3.05) is 0 Å². The van der Waals surface area contributed by atoms with Crippen LogP contribution in [0.5, 0.6) is 0 Å². The second-order valence-electron chi connectivity index (χ2n) is 4.77. The Labute approximate surface area is 127 Å². The molecule has 0 fully saturated rings. The third kappa shape index (κ3) is 2.54. The predicted octanol–water partition coefficient (Wildman–Crippen LogP) is 4.74. The van der Waals surface area contributed by atoms with Crippen LogP contribution in [0.15, 0.2) is 60.7 Å². The number of aromatic nitrogens is 2. The standard InChI is InChI=1S/C17H15BrN2/c1-13-7-9-16(10-8-13)20-17(11-15(12-18)19-20)14-5-3-2-4-6-14/h2-11H,12H2,1H3. The summed E-state index contributed by atoms with van der Waals surface area (Å²) in [6, 6.07) is 20.9. The second kappa shape index (κ2) is 5.63. The van der Waals surface area contributed by atoms with Crippen LogP contribution in [0.25, 0.3) is 16.9 Å². The van der Waals surface area contributed by atoms with Crippen LogP contribution < -0.4 is 0 Å². The number of rotatable bonds is 3.